The normalized spacial score (nSPS) is 29.8. The van der Waals surface area contributed by atoms with Crippen molar-refractivity contribution in [2.75, 3.05) is 18.1 Å². The van der Waals surface area contributed by atoms with Crippen LogP contribution in [0.1, 0.15) is 29.6 Å². The maximum Gasteiger partial charge on any atom is 0.166 e. The molecule has 0 amide bonds. The molecule has 2 unspecified atom stereocenters. The zero-order valence-electron chi connectivity index (χ0n) is 11.0. The molecular weight excluding hydrogens is 360 g/mol. The zero-order chi connectivity index (χ0) is 14.2. The van der Waals surface area contributed by atoms with Gasteiger partial charge in [0.05, 0.1) is 10.6 Å². The molecule has 0 radical (unpaired) electrons. The van der Waals surface area contributed by atoms with Gasteiger partial charge in [0.1, 0.15) is 0 Å². The van der Waals surface area contributed by atoms with E-state index in [9.17, 15) is 4.79 Å². The first-order valence-electron chi connectivity index (χ1n) is 6.81. The minimum atomic E-state index is -0.0532. The molecule has 2 nitrogen and oxygen atoms in total. The van der Waals surface area contributed by atoms with Crippen LogP contribution in [0, 0.1) is 5.92 Å². The summed E-state index contributed by atoms with van der Waals surface area (Å²) < 4.78 is 6.80. The van der Waals surface area contributed by atoms with Crippen LogP contribution in [0.25, 0.3) is 0 Å². The molecule has 0 bridgehead atoms. The number of halogens is 2. The second-order valence-electron chi connectivity index (χ2n) is 5.52. The Morgan fingerprint density at radius 3 is 3.05 bits per heavy atom. The summed E-state index contributed by atoms with van der Waals surface area (Å²) in [4.78, 5) is 12.7. The van der Waals surface area contributed by atoms with Gasteiger partial charge in [-0.2, -0.15) is 11.8 Å². The maximum atomic E-state index is 12.7. The van der Waals surface area contributed by atoms with Crippen LogP contribution in [0.4, 0.5) is 0 Å². The van der Waals surface area contributed by atoms with Crippen molar-refractivity contribution in [1.29, 1.82) is 0 Å². The molecule has 2 saturated heterocycles. The predicted molar refractivity (Wildman–Crippen MR) is 86.8 cm³/mol. The smallest absolute Gasteiger partial charge is 0.166 e. The minimum Gasteiger partial charge on any atom is -0.374 e. The first kappa shape index (κ1) is 14.9. The first-order chi connectivity index (χ1) is 9.60. The molecule has 20 heavy (non-hydrogen) atoms. The van der Waals surface area contributed by atoms with Crippen LogP contribution in [0.3, 0.4) is 0 Å². The Kier molecular flexibility index (Phi) is 4.46. The number of rotatable bonds is 2. The quantitative estimate of drug-likeness (QED) is 0.707. The molecule has 0 aliphatic carbocycles. The van der Waals surface area contributed by atoms with Crippen molar-refractivity contribution in [1.82, 2.24) is 0 Å². The van der Waals surface area contributed by atoms with Crippen LogP contribution in [-0.4, -0.2) is 29.5 Å². The summed E-state index contributed by atoms with van der Waals surface area (Å²) in [7, 11) is 0. The van der Waals surface area contributed by atoms with Crippen molar-refractivity contribution >= 4 is 45.1 Å². The largest absolute Gasteiger partial charge is 0.374 e. The van der Waals surface area contributed by atoms with E-state index < -0.39 is 0 Å². The number of thioether (sulfide) groups is 1. The molecule has 0 N–H and O–H groups in total. The Bertz CT molecular complexity index is 529. The van der Waals surface area contributed by atoms with Gasteiger partial charge in [-0.15, -0.1) is 0 Å². The van der Waals surface area contributed by atoms with Crippen LogP contribution in [0.5, 0.6) is 0 Å². The molecule has 2 fully saturated rings. The molecule has 1 aromatic carbocycles. The van der Waals surface area contributed by atoms with Gasteiger partial charge in [-0.3, -0.25) is 4.79 Å². The van der Waals surface area contributed by atoms with E-state index in [1.165, 1.54) is 0 Å². The van der Waals surface area contributed by atoms with E-state index in [0.717, 1.165) is 35.2 Å². The highest BCUT2D eigenvalue weighted by atomic mass is 79.9. The average molecular weight is 376 g/mol. The Morgan fingerprint density at radius 2 is 2.35 bits per heavy atom. The maximum absolute atomic E-state index is 12.7. The summed E-state index contributed by atoms with van der Waals surface area (Å²) >= 11 is 11.4. The molecule has 108 valence electrons. The third-order valence-corrected chi connectivity index (χ3v) is 6.59. The topological polar surface area (TPSA) is 26.3 Å². The highest BCUT2D eigenvalue weighted by Gasteiger charge is 2.42. The average Bonchev–Trinajstić information content (AvgIpc) is 2.89. The second kappa shape index (κ2) is 5.99. The lowest BCUT2D eigenvalue weighted by molar-refractivity contribution is -0.0734. The van der Waals surface area contributed by atoms with Crippen LogP contribution < -0.4 is 0 Å². The molecule has 2 aliphatic heterocycles. The van der Waals surface area contributed by atoms with Crippen LogP contribution in [0.2, 0.25) is 5.02 Å². The van der Waals surface area contributed by atoms with Crippen molar-refractivity contribution in [2.45, 2.75) is 24.9 Å². The molecule has 1 aromatic rings. The molecule has 1 spiro atoms. The number of carbonyl (C=O) groups excluding carboxylic acids is 1. The molecule has 5 heteroatoms. The number of benzene rings is 1. The van der Waals surface area contributed by atoms with Gasteiger partial charge in [0.25, 0.3) is 0 Å². The van der Waals surface area contributed by atoms with E-state index in [-0.39, 0.29) is 17.3 Å². The molecular formula is C15H16BrClO2S. The lowest BCUT2D eigenvalue weighted by Gasteiger charge is -2.37. The summed E-state index contributed by atoms with van der Waals surface area (Å²) in [6, 6.07) is 5.46. The van der Waals surface area contributed by atoms with Gasteiger partial charge >= 0.3 is 0 Å². The summed E-state index contributed by atoms with van der Waals surface area (Å²) in [5, 5.41) is 0.592. The van der Waals surface area contributed by atoms with Gasteiger partial charge < -0.3 is 4.74 Å². The van der Waals surface area contributed by atoms with E-state index >= 15 is 0 Å². The van der Waals surface area contributed by atoms with Crippen molar-refractivity contribution in [3.05, 3.63) is 33.3 Å². The van der Waals surface area contributed by atoms with Crippen molar-refractivity contribution in [3.63, 3.8) is 0 Å². The number of hydrogen-bond donors (Lipinski definition) is 0. The van der Waals surface area contributed by atoms with Crippen molar-refractivity contribution in [2.24, 2.45) is 5.92 Å². The number of ether oxygens (including phenoxy) is 1. The monoisotopic (exact) mass is 374 g/mol. The number of ketones is 1. The SMILES string of the molecule is O=C(c1ccc(Br)c(Cl)c1)C1CCOC2(CCSC2)C1. The predicted octanol–water partition coefficient (Wildman–Crippen LogP) is 4.59. The van der Waals surface area contributed by atoms with E-state index in [4.69, 9.17) is 16.3 Å². The summed E-state index contributed by atoms with van der Waals surface area (Å²) in [5.41, 5.74) is 0.661. The Balaban J connectivity index is 1.77. The summed E-state index contributed by atoms with van der Waals surface area (Å²) in [5.74, 6) is 2.45. The molecule has 3 rings (SSSR count). The van der Waals surface area contributed by atoms with Crippen molar-refractivity contribution < 1.29 is 9.53 Å². The zero-order valence-corrected chi connectivity index (χ0v) is 14.2. The Hall–Kier alpha value is -0.0300. The highest BCUT2D eigenvalue weighted by Crippen LogP contribution is 2.41. The third-order valence-electron chi connectivity index (χ3n) is 4.14. The second-order valence-corrected chi connectivity index (χ2v) is 7.88. The van der Waals surface area contributed by atoms with E-state index in [2.05, 4.69) is 15.9 Å². The van der Waals surface area contributed by atoms with E-state index in [1.807, 2.05) is 23.9 Å². The standard InChI is InChI=1S/C15H16BrClO2S/c16-12-2-1-10(7-13(12)17)14(18)11-3-5-19-15(8-11)4-6-20-9-15/h1-2,7,11H,3-6,8-9H2. The van der Waals surface area contributed by atoms with Gasteiger partial charge in [-0.1, -0.05) is 17.7 Å². The molecule has 2 atom stereocenters. The first-order valence-corrected chi connectivity index (χ1v) is 9.13. The summed E-state index contributed by atoms with van der Waals surface area (Å²) in [6.45, 7) is 0.696. The van der Waals surface area contributed by atoms with E-state index in [1.54, 1.807) is 6.07 Å². The number of hydrogen-bond acceptors (Lipinski definition) is 3. The summed E-state index contributed by atoms with van der Waals surface area (Å²) in [6.07, 6.45) is 2.74. The van der Waals surface area contributed by atoms with Gasteiger partial charge in [0.2, 0.25) is 0 Å². The molecule has 0 aromatic heterocycles. The van der Waals surface area contributed by atoms with Gasteiger partial charge in [0, 0.05) is 28.3 Å². The lowest BCUT2D eigenvalue weighted by atomic mass is 9.81. The third kappa shape index (κ3) is 2.94. The van der Waals surface area contributed by atoms with E-state index in [0.29, 0.717) is 17.2 Å². The highest BCUT2D eigenvalue weighted by molar-refractivity contribution is 9.10. The fourth-order valence-electron chi connectivity index (χ4n) is 3.00. The molecule has 2 aliphatic rings. The van der Waals surface area contributed by atoms with Gasteiger partial charge in [-0.25, -0.2) is 0 Å². The fourth-order valence-corrected chi connectivity index (χ4v) is 4.81. The lowest BCUT2D eigenvalue weighted by Crippen LogP contribution is -2.42. The Morgan fingerprint density at radius 1 is 1.50 bits per heavy atom. The van der Waals surface area contributed by atoms with Gasteiger partial charge in [-0.05, 0) is 53.1 Å². The van der Waals surface area contributed by atoms with Crippen LogP contribution in [-0.2, 0) is 4.74 Å². The number of Topliss-reactive ketones (excluding diaryl/α,β-unsaturated/α-hetero) is 1. The fraction of sp³-hybridized carbons (Fsp3) is 0.533. The van der Waals surface area contributed by atoms with Crippen LogP contribution in [0.15, 0.2) is 22.7 Å². The minimum absolute atomic E-state index is 0.0532. The van der Waals surface area contributed by atoms with Gasteiger partial charge in [0.15, 0.2) is 5.78 Å². The molecule has 0 saturated carbocycles. The van der Waals surface area contributed by atoms with Crippen LogP contribution >= 0.6 is 39.3 Å². The van der Waals surface area contributed by atoms with Crippen molar-refractivity contribution in [3.8, 4) is 0 Å². The molecule has 2 heterocycles. The number of carbonyl (C=O) groups is 1. The Labute approximate surface area is 136 Å².